The summed E-state index contributed by atoms with van der Waals surface area (Å²) in [5.74, 6) is 0.417. The number of amides is 2. The van der Waals surface area contributed by atoms with E-state index >= 15 is 0 Å². The second-order valence-electron chi connectivity index (χ2n) is 5.00. The van der Waals surface area contributed by atoms with Gasteiger partial charge in [-0.25, -0.2) is 4.79 Å². The molecule has 2 unspecified atom stereocenters. The Morgan fingerprint density at radius 2 is 2.17 bits per heavy atom. The summed E-state index contributed by atoms with van der Waals surface area (Å²) in [5.41, 5.74) is 6.76. The van der Waals surface area contributed by atoms with Crippen LogP contribution in [0.15, 0.2) is 30.3 Å². The number of nitrogens with two attached hydrogens (primary N) is 1. The van der Waals surface area contributed by atoms with Gasteiger partial charge in [0, 0.05) is 24.8 Å². The van der Waals surface area contributed by atoms with Gasteiger partial charge in [-0.2, -0.15) is 0 Å². The van der Waals surface area contributed by atoms with Crippen molar-refractivity contribution >= 4 is 11.7 Å². The molecule has 0 saturated carbocycles. The van der Waals surface area contributed by atoms with Crippen LogP contribution in [-0.2, 0) is 0 Å². The molecule has 1 heterocycles. The zero-order valence-corrected chi connectivity index (χ0v) is 10.8. The summed E-state index contributed by atoms with van der Waals surface area (Å²) in [7, 11) is 0. The van der Waals surface area contributed by atoms with Crippen LogP contribution < -0.4 is 11.1 Å². The molecule has 0 aromatic heterocycles. The third-order valence-electron chi connectivity index (χ3n) is 3.51. The van der Waals surface area contributed by atoms with E-state index in [1.54, 1.807) is 0 Å². The minimum absolute atomic E-state index is 0.0217. The summed E-state index contributed by atoms with van der Waals surface area (Å²) in [5, 5.41) is 2.92. The summed E-state index contributed by atoms with van der Waals surface area (Å²) in [6, 6.07) is 9.68. The largest absolute Gasteiger partial charge is 0.328 e. The van der Waals surface area contributed by atoms with Gasteiger partial charge >= 0.3 is 6.03 Å². The zero-order valence-electron chi connectivity index (χ0n) is 10.8. The molecule has 1 aliphatic heterocycles. The van der Waals surface area contributed by atoms with Gasteiger partial charge in [0.1, 0.15) is 0 Å². The number of hydrogen-bond donors (Lipinski definition) is 2. The quantitative estimate of drug-likeness (QED) is 0.842. The van der Waals surface area contributed by atoms with Gasteiger partial charge < -0.3 is 16.0 Å². The van der Waals surface area contributed by atoms with Gasteiger partial charge in [0.25, 0.3) is 0 Å². The van der Waals surface area contributed by atoms with Gasteiger partial charge in [-0.05, 0) is 37.8 Å². The van der Waals surface area contributed by atoms with E-state index in [2.05, 4.69) is 5.32 Å². The Bertz CT molecular complexity index is 391. The van der Waals surface area contributed by atoms with Gasteiger partial charge in [-0.15, -0.1) is 0 Å². The van der Waals surface area contributed by atoms with Crippen LogP contribution >= 0.6 is 0 Å². The van der Waals surface area contributed by atoms with Crippen LogP contribution in [0.25, 0.3) is 0 Å². The predicted molar refractivity (Wildman–Crippen MR) is 73.4 cm³/mol. The molecule has 0 radical (unpaired) electrons. The lowest BCUT2D eigenvalue weighted by atomic mass is 9.92. The number of para-hydroxylation sites is 1. The van der Waals surface area contributed by atoms with Crippen LogP contribution in [0, 0.1) is 5.92 Å². The van der Waals surface area contributed by atoms with Crippen LogP contribution in [0.2, 0.25) is 0 Å². The van der Waals surface area contributed by atoms with Crippen molar-refractivity contribution < 1.29 is 4.79 Å². The van der Waals surface area contributed by atoms with E-state index in [4.69, 9.17) is 5.73 Å². The van der Waals surface area contributed by atoms with Gasteiger partial charge in [0.05, 0.1) is 0 Å². The fourth-order valence-electron chi connectivity index (χ4n) is 2.35. The van der Waals surface area contributed by atoms with E-state index in [1.165, 1.54) is 0 Å². The minimum atomic E-state index is -0.0217. The van der Waals surface area contributed by atoms with Crippen LogP contribution in [0.3, 0.4) is 0 Å². The SMILES string of the molecule is CC(N)C1CCCN(C(=O)Nc2ccccc2)C1. The molecule has 0 bridgehead atoms. The van der Waals surface area contributed by atoms with Crippen molar-refractivity contribution in [3.8, 4) is 0 Å². The third kappa shape index (κ3) is 3.23. The normalized spacial score (nSPS) is 21.4. The summed E-state index contributed by atoms with van der Waals surface area (Å²) < 4.78 is 0. The number of likely N-dealkylation sites (tertiary alicyclic amines) is 1. The maximum atomic E-state index is 12.1. The van der Waals surface area contributed by atoms with Crippen LogP contribution in [0.5, 0.6) is 0 Å². The highest BCUT2D eigenvalue weighted by atomic mass is 16.2. The Labute approximate surface area is 108 Å². The molecule has 1 aromatic carbocycles. The van der Waals surface area contributed by atoms with E-state index in [1.807, 2.05) is 42.2 Å². The minimum Gasteiger partial charge on any atom is -0.328 e. The Morgan fingerprint density at radius 3 is 2.83 bits per heavy atom. The number of rotatable bonds is 2. The Morgan fingerprint density at radius 1 is 1.44 bits per heavy atom. The summed E-state index contributed by atoms with van der Waals surface area (Å²) in [4.78, 5) is 14.0. The molecule has 2 amide bonds. The number of carbonyl (C=O) groups is 1. The summed E-state index contributed by atoms with van der Waals surface area (Å²) >= 11 is 0. The highest BCUT2D eigenvalue weighted by Gasteiger charge is 2.25. The van der Waals surface area contributed by atoms with Gasteiger partial charge in [0.2, 0.25) is 0 Å². The fraction of sp³-hybridized carbons (Fsp3) is 0.500. The first-order valence-corrected chi connectivity index (χ1v) is 6.53. The van der Waals surface area contributed by atoms with E-state index in [-0.39, 0.29) is 12.1 Å². The molecule has 98 valence electrons. The molecule has 2 atom stereocenters. The van der Waals surface area contributed by atoms with E-state index in [0.29, 0.717) is 5.92 Å². The van der Waals surface area contributed by atoms with Crippen molar-refractivity contribution in [2.75, 3.05) is 18.4 Å². The number of urea groups is 1. The number of benzene rings is 1. The number of nitrogens with one attached hydrogen (secondary N) is 1. The van der Waals surface area contributed by atoms with Crippen LogP contribution in [0.4, 0.5) is 10.5 Å². The first kappa shape index (κ1) is 12.9. The van der Waals surface area contributed by atoms with Gasteiger partial charge in [0.15, 0.2) is 0 Å². The van der Waals surface area contributed by atoms with Crippen LogP contribution in [0.1, 0.15) is 19.8 Å². The number of nitrogens with zero attached hydrogens (tertiary/aromatic N) is 1. The molecule has 1 aliphatic rings. The molecule has 2 rings (SSSR count). The van der Waals surface area contributed by atoms with Crippen molar-refractivity contribution in [1.29, 1.82) is 0 Å². The lowest BCUT2D eigenvalue weighted by Gasteiger charge is -2.34. The maximum Gasteiger partial charge on any atom is 0.321 e. The highest BCUT2D eigenvalue weighted by molar-refractivity contribution is 5.89. The standard InChI is InChI=1S/C14H21N3O/c1-11(15)12-6-5-9-17(10-12)14(18)16-13-7-3-2-4-8-13/h2-4,7-8,11-12H,5-6,9-10,15H2,1H3,(H,16,18). The topological polar surface area (TPSA) is 58.4 Å². The summed E-state index contributed by atoms with van der Waals surface area (Å²) in [6.45, 7) is 3.60. The lowest BCUT2D eigenvalue weighted by Crippen LogP contribution is -2.46. The Balaban J connectivity index is 1.93. The molecule has 0 spiro atoms. The molecular weight excluding hydrogens is 226 g/mol. The first-order chi connectivity index (χ1) is 8.66. The monoisotopic (exact) mass is 247 g/mol. The molecule has 1 fully saturated rings. The van der Waals surface area contributed by atoms with Crippen LogP contribution in [-0.4, -0.2) is 30.1 Å². The summed E-state index contributed by atoms with van der Waals surface area (Å²) in [6.07, 6.45) is 2.15. The average molecular weight is 247 g/mol. The molecule has 1 aromatic rings. The van der Waals surface area contributed by atoms with Gasteiger partial charge in [-0.1, -0.05) is 18.2 Å². The second-order valence-corrected chi connectivity index (χ2v) is 5.00. The van der Waals surface area contributed by atoms with Crippen molar-refractivity contribution in [2.24, 2.45) is 11.7 Å². The average Bonchev–Trinajstić information content (AvgIpc) is 2.40. The highest BCUT2D eigenvalue weighted by Crippen LogP contribution is 2.19. The van der Waals surface area contributed by atoms with Crippen molar-refractivity contribution in [1.82, 2.24) is 4.90 Å². The molecule has 4 nitrogen and oxygen atoms in total. The van der Waals surface area contributed by atoms with E-state index < -0.39 is 0 Å². The number of hydrogen-bond acceptors (Lipinski definition) is 2. The van der Waals surface area contributed by atoms with Gasteiger partial charge in [-0.3, -0.25) is 0 Å². The van der Waals surface area contributed by atoms with E-state index in [0.717, 1.165) is 31.6 Å². The Kier molecular flexibility index (Phi) is 4.20. The lowest BCUT2D eigenvalue weighted by molar-refractivity contribution is 0.169. The first-order valence-electron chi connectivity index (χ1n) is 6.53. The molecule has 4 heteroatoms. The predicted octanol–water partition coefficient (Wildman–Crippen LogP) is 2.28. The molecule has 0 aliphatic carbocycles. The molecule has 18 heavy (non-hydrogen) atoms. The van der Waals surface area contributed by atoms with Crippen molar-refractivity contribution in [3.05, 3.63) is 30.3 Å². The maximum absolute atomic E-state index is 12.1. The molecule has 3 N–H and O–H groups in total. The number of piperidine rings is 1. The number of carbonyl (C=O) groups excluding carboxylic acids is 1. The van der Waals surface area contributed by atoms with Crippen molar-refractivity contribution in [3.63, 3.8) is 0 Å². The Hall–Kier alpha value is -1.55. The third-order valence-corrected chi connectivity index (χ3v) is 3.51. The molecule has 1 saturated heterocycles. The van der Waals surface area contributed by atoms with E-state index in [9.17, 15) is 4.79 Å². The fourth-order valence-corrected chi connectivity index (χ4v) is 2.35. The smallest absolute Gasteiger partial charge is 0.321 e. The number of anilines is 1. The molecular formula is C14H21N3O. The van der Waals surface area contributed by atoms with Crippen molar-refractivity contribution in [2.45, 2.75) is 25.8 Å². The zero-order chi connectivity index (χ0) is 13.0. The second kappa shape index (κ2) is 5.87.